The van der Waals surface area contributed by atoms with Gasteiger partial charge in [-0.1, -0.05) is 72.8 Å². The molecule has 4 nitrogen and oxygen atoms in total. The third-order valence-corrected chi connectivity index (χ3v) is 7.28. The van der Waals surface area contributed by atoms with Crippen LogP contribution >= 0.6 is 0 Å². The Labute approximate surface area is 218 Å². The van der Waals surface area contributed by atoms with E-state index in [4.69, 9.17) is 9.40 Å². The average Bonchev–Trinajstić information content (AvgIpc) is 3.56. The Hall–Kier alpha value is -5.22. The smallest absolute Gasteiger partial charge is 0.164 e. The predicted octanol–water partition coefficient (Wildman–Crippen LogP) is 8.81. The highest BCUT2D eigenvalue weighted by molar-refractivity contribution is 6.19. The maximum atomic E-state index is 6.30. The van der Waals surface area contributed by atoms with Crippen LogP contribution in [0.5, 0.6) is 0 Å². The number of hydrogen-bond donors (Lipinski definition) is 0. The molecular formula is C34H21N3O. The number of fused-ring (bicyclic) bond motifs is 6. The van der Waals surface area contributed by atoms with Crippen LogP contribution in [0.2, 0.25) is 0 Å². The molecule has 0 saturated heterocycles. The third-order valence-electron chi connectivity index (χ3n) is 7.28. The molecule has 0 saturated carbocycles. The van der Waals surface area contributed by atoms with Crippen LogP contribution in [0.3, 0.4) is 0 Å². The minimum absolute atomic E-state index is 0.830. The standard InChI is InChI=1S/C34H21N3O/c1-2-11-26-24(9-1)27(21-28-25-10-3-6-15-32(25)38-33(26)28)22-16-18-23(19-17-22)37-31-14-5-4-12-29(31)36-34(37)30-13-7-8-20-35-30/h1-21H. The SMILES string of the molecule is c1ccc(-c2nc3ccccc3n2-c2ccc(-c3cc4c5ccccc5oc4c4ccccc34)cc2)nc1. The normalized spacial score (nSPS) is 11.7. The molecule has 3 heterocycles. The molecule has 38 heavy (non-hydrogen) atoms. The molecule has 0 aliphatic carbocycles. The molecule has 4 heteroatoms. The molecule has 3 aromatic heterocycles. The van der Waals surface area contributed by atoms with Crippen LogP contribution in [0.1, 0.15) is 0 Å². The molecule has 8 rings (SSSR count). The van der Waals surface area contributed by atoms with E-state index in [-0.39, 0.29) is 0 Å². The second kappa shape index (κ2) is 8.15. The van der Waals surface area contributed by atoms with Crippen LogP contribution in [0.15, 0.2) is 132 Å². The molecule has 0 fully saturated rings. The summed E-state index contributed by atoms with van der Waals surface area (Å²) in [6.45, 7) is 0. The van der Waals surface area contributed by atoms with Crippen LogP contribution in [-0.4, -0.2) is 14.5 Å². The Morgan fingerprint density at radius 3 is 2.18 bits per heavy atom. The van der Waals surface area contributed by atoms with Gasteiger partial charge in [0.1, 0.15) is 16.9 Å². The molecule has 0 aliphatic rings. The van der Waals surface area contributed by atoms with E-state index in [2.05, 4.69) is 82.3 Å². The summed E-state index contributed by atoms with van der Waals surface area (Å²) < 4.78 is 8.49. The van der Waals surface area contributed by atoms with Crippen LogP contribution < -0.4 is 0 Å². The monoisotopic (exact) mass is 487 g/mol. The van der Waals surface area contributed by atoms with Gasteiger partial charge in [0.2, 0.25) is 0 Å². The molecule has 0 spiro atoms. The number of furan rings is 1. The van der Waals surface area contributed by atoms with Gasteiger partial charge in [0.05, 0.1) is 11.0 Å². The first kappa shape index (κ1) is 20.9. The van der Waals surface area contributed by atoms with Crippen molar-refractivity contribution in [3.63, 3.8) is 0 Å². The van der Waals surface area contributed by atoms with Gasteiger partial charge >= 0.3 is 0 Å². The molecule has 0 bridgehead atoms. The summed E-state index contributed by atoms with van der Waals surface area (Å²) in [5.74, 6) is 0.830. The van der Waals surface area contributed by atoms with E-state index < -0.39 is 0 Å². The number of pyridine rings is 1. The van der Waals surface area contributed by atoms with Crippen molar-refractivity contribution in [3.8, 4) is 28.3 Å². The van der Waals surface area contributed by atoms with E-state index in [0.717, 1.165) is 61.1 Å². The number of imidazole rings is 1. The van der Waals surface area contributed by atoms with E-state index in [9.17, 15) is 0 Å². The molecule has 178 valence electrons. The molecule has 0 amide bonds. The first-order chi connectivity index (χ1) is 18.8. The fraction of sp³-hybridized carbons (Fsp3) is 0. The summed E-state index contributed by atoms with van der Waals surface area (Å²) in [5.41, 5.74) is 8.07. The van der Waals surface area contributed by atoms with Crippen molar-refractivity contribution in [3.05, 3.63) is 128 Å². The minimum Gasteiger partial charge on any atom is -0.455 e. The molecule has 0 atom stereocenters. The maximum Gasteiger partial charge on any atom is 0.164 e. The molecule has 5 aromatic carbocycles. The van der Waals surface area contributed by atoms with Crippen LogP contribution in [0.4, 0.5) is 0 Å². The molecular weight excluding hydrogens is 466 g/mol. The average molecular weight is 488 g/mol. The molecule has 0 N–H and O–H groups in total. The zero-order valence-corrected chi connectivity index (χ0v) is 20.4. The van der Waals surface area contributed by atoms with Crippen molar-refractivity contribution in [1.29, 1.82) is 0 Å². The van der Waals surface area contributed by atoms with Gasteiger partial charge in [0, 0.05) is 28.0 Å². The highest BCUT2D eigenvalue weighted by Crippen LogP contribution is 2.40. The van der Waals surface area contributed by atoms with Crippen molar-refractivity contribution < 1.29 is 4.42 Å². The number of hydrogen-bond acceptors (Lipinski definition) is 3. The Balaban J connectivity index is 1.33. The lowest BCUT2D eigenvalue weighted by Gasteiger charge is -2.12. The van der Waals surface area contributed by atoms with Crippen molar-refractivity contribution in [1.82, 2.24) is 14.5 Å². The summed E-state index contributed by atoms with van der Waals surface area (Å²) >= 11 is 0. The Morgan fingerprint density at radius 2 is 1.34 bits per heavy atom. The fourth-order valence-electron chi connectivity index (χ4n) is 5.53. The van der Waals surface area contributed by atoms with Gasteiger partial charge in [-0.15, -0.1) is 0 Å². The van der Waals surface area contributed by atoms with Gasteiger partial charge in [-0.2, -0.15) is 0 Å². The molecule has 0 radical (unpaired) electrons. The number of rotatable bonds is 3. The van der Waals surface area contributed by atoms with E-state index in [1.807, 2.05) is 54.7 Å². The number of benzene rings is 5. The topological polar surface area (TPSA) is 43.9 Å². The van der Waals surface area contributed by atoms with E-state index >= 15 is 0 Å². The van der Waals surface area contributed by atoms with Crippen LogP contribution in [-0.2, 0) is 0 Å². The van der Waals surface area contributed by atoms with E-state index in [1.165, 1.54) is 10.9 Å². The summed E-state index contributed by atoms with van der Waals surface area (Å²) in [4.78, 5) is 9.51. The zero-order valence-electron chi connectivity index (χ0n) is 20.4. The summed E-state index contributed by atoms with van der Waals surface area (Å²) in [5, 5.41) is 4.57. The van der Waals surface area contributed by atoms with E-state index in [0.29, 0.717) is 0 Å². The van der Waals surface area contributed by atoms with Gasteiger partial charge in [-0.05, 0) is 65.0 Å². The summed E-state index contributed by atoms with van der Waals surface area (Å²) in [7, 11) is 0. The van der Waals surface area contributed by atoms with Gasteiger partial charge in [0.15, 0.2) is 5.82 Å². The van der Waals surface area contributed by atoms with Crippen LogP contribution in [0, 0.1) is 0 Å². The maximum absolute atomic E-state index is 6.30. The van der Waals surface area contributed by atoms with Gasteiger partial charge in [0.25, 0.3) is 0 Å². The fourth-order valence-corrected chi connectivity index (χ4v) is 5.53. The lowest BCUT2D eigenvalue weighted by Crippen LogP contribution is -1.98. The third kappa shape index (κ3) is 3.10. The minimum atomic E-state index is 0.830. The number of para-hydroxylation sites is 3. The van der Waals surface area contributed by atoms with Crippen LogP contribution in [0.25, 0.3) is 72.1 Å². The summed E-state index contributed by atoms with van der Waals surface area (Å²) in [6, 6.07) is 41.9. The first-order valence-electron chi connectivity index (χ1n) is 12.7. The van der Waals surface area contributed by atoms with E-state index in [1.54, 1.807) is 0 Å². The Kier molecular flexibility index (Phi) is 4.49. The summed E-state index contributed by atoms with van der Waals surface area (Å²) in [6.07, 6.45) is 1.81. The highest BCUT2D eigenvalue weighted by Gasteiger charge is 2.17. The second-order valence-electron chi connectivity index (χ2n) is 9.47. The van der Waals surface area contributed by atoms with Gasteiger partial charge < -0.3 is 4.42 Å². The molecule has 0 aliphatic heterocycles. The molecule has 8 aromatic rings. The Morgan fingerprint density at radius 1 is 0.605 bits per heavy atom. The van der Waals surface area contributed by atoms with Crippen molar-refractivity contribution in [2.24, 2.45) is 0 Å². The van der Waals surface area contributed by atoms with Crippen molar-refractivity contribution in [2.45, 2.75) is 0 Å². The predicted molar refractivity (Wildman–Crippen MR) is 155 cm³/mol. The largest absolute Gasteiger partial charge is 0.455 e. The zero-order chi connectivity index (χ0) is 25.1. The Bertz CT molecular complexity index is 2120. The van der Waals surface area contributed by atoms with Gasteiger partial charge in [-0.3, -0.25) is 9.55 Å². The quantitative estimate of drug-likeness (QED) is 0.250. The second-order valence-corrected chi connectivity index (χ2v) is 9.47. The van der Waals surface area contributed by atoms with Crippen molar-refractivity contribution >= 4 is 43.7 Å². The first-order valence-corrected chi connectivity index (χ1v) is 12.7. The number of nitrogens with zero attached hydrogens (tertiary/aromatic N) is 3. The number of aromatic nitrogens is 3. The lowest BCUT2D eigenvalue weighted by molar-refractivity contribution is 0.672. The molecule has 0 unspecified atom stereocenters. The lowest BCUT2D eigenvalue weighted by atomic mass is 9.95. The highest BCUT2D eigenvalue weighted by atomic mass is 16.3. The van der Waals surface area contributed by atoms with Gasteiger partial charge in [-0.25, -0.2) is 4.98 Å². The van der Waals surface area contributed by atoms with Crippen molar-refractivity contribution in [2.75, 3.05) is 0 Å².